The number of primary amides is 1. The molecule has 0 aliphatic heterocycles. The third kappa shape index (κ3) is 2.52. The van der Waals surface area contributed by atoms with Gasteiger partial charge in [0, 0.05) is 5.02 Å². The van der Waals surface area contributed by atoms with Crippen molar-refractivity contribution < 1.29 is 14.0 Å². The third-order valence-electron chi connectivity index (χ3n) is 2.28. The van der Waals surface area contributed by atoms with Crippen molar-refractivity contribution in [3.8, 4) is 0 Å². The fraction of sp³-hybridized carbons (Fsp3) is 0. The summed E-state index contributed by atoms with van der Waals surface area (Å²) >= 11 is 5.81. The van der Waals surface area contributed by atoms with Crippen LogP contribution in [0.25, 0.3) is 0 Å². The van der Waals surface area contributed by atoms with E-state index in [1.165, 1.54) is 36.8 Å². The van der Waals surface area contributed by atoms with Crippen molar-refractivity contribution in [3.63, 3.8) is 0 Å². The van der Waals surface area contributed by atoms with Gasteiger partial charge in [-0.15, -0.1) is 0 Å². The fourth-order valence-electron chi connectivity index (χ4n) is 1.42. The maximum absolute atomic E-state index is 11.8. The molecule has 2 rings (SSSR count). The summed E-state index contributed by atoms with van der Waals surface area (Å²) in [6.45, 7) is 0. The van der Waals surface area contributed by atoms with Gasteiger partial charge in [0.05, 0.1) is 23.1 Å². The Labute approximate surface area is 108 Å². The molecule has 2 amide bonds. The molecule has 1 aromatic carbocycles. The second-order valence-corrected chi connectivity index (χ2v) is 3.96. The third-order valence-corrected chi connectivity index (χ3v) is 2.51. The Kier molecular flexibility index (Phi) is 3.34. The molecule has 0 saturated heterocycles. The summed E-state index contributed by atoms with van der Waals surface area (Å²) in [5.74, 6) is -1.05. The van der Waals surface area contributed by atoms with Crippen LogP contribution in [0.15, 0.2) is 41.2 Å². The molecule has 0 unspecified atom stereocenters. The van der Waals surface area contributed by atoms with E-state index >= 15 is 0 Å². The first-order chi connectivity index (χ1) is 8.58. The van der Waals surface area contributed by atoms with Crippen LogP contribution >= 0.6 is 11.6 Å². The number of rotatable bonds is 3. The van der Waals surface area contributed by atoms with E-state index in [1.54, 1.807) is 0 Å². The van der Waals surface area contributed by atoms with E-state index in [0.717, 1.165) is 0 Å². The van der Waals surface area contributed by atoms with Crippen molar-refractivity contribution in [3.05, 3.63) is 52.9 Å². The van der Waals surface area contributed by atoms with E-state index in [0.29, 0.717) is 10.6 Å². The molecule has 6 heteroatoms. The summed E-state index contributed by atoms with van der Waals surface area (Å²) in [7, 11) is 0. The van der Waals surface area contributed by atoms with Crippen LogP contribution in [0.3, 0.4) is 0 Å². The molecule has 92 valence electrons. The van der Waals surface area contributed by atoms with Crippen molar-refractivity contribution in [1.82, 2.24) is 0 Å². The Bertz CT molecular complexity index is 593. The Morgan fingerprint density at radius 3 is 2.67 bits per heavy atom. The van der Waals surface area contributed by atoms with Crippen molar-refractivity contribution >= 4 is 29.1 Å². The van der Waals surface area contributed by atoms with E-state index in [-0.39, 0.29) is 11.3 Å². The van der Waals surface area contributed by atoms with Gasteiger partial charge in [0.1, 0.15) is 6.26 Å². The Hall–Kier alpha value is -2.27. The molecule has 0 spiro atoms. The molecule has 0 atom stereocenters. The van der Waals surface area contributed by atoms with Crippen LogP contribution in [0.1, 0.15) is 20.7 Å². The van der Waals surface area contributed by atoms with Crippen LogP contribution in [0.5, 0.6) is 0 Å². The van der Waals surface area contributed by atoms with Gasteiger partial charge in [-0.3, -0.25) is 9.59 Å². The van der Waals surface area contributed by atoms with Gasteiger partial charge in [-0.1, -0.05) is 11.6 Å². The number of carbonyl (C=O) groups is 2. The highest BCUT2D eigenvalue weighted by Crippen LogP contribution is 2.21. The van der Waals surface area contributed by atoms with Gasteiger partial charge in [-0.05, 0) is 24.3 Å². The number of hydrogen-bond acceptors (Lipinski definition) is 3. The summed E-state index contributed by atoms with van der Waals surface area (Å²) in [5.41, 5.74) is 6.00. The minimum Gasteiger partial charge on any atom is -0.472 e. The van der Waals surface area contributed by atoms with E-state index in [9.17, 15) is 9.59 Å². The monoisotopic (exact) mass is 264 g/mol. The van der Waals surface area contributed by atoms with Crippen LogP contribution in [0.4, 0.5) is 5.69 Å². The molecule has 5 nitrogen and oxygen atoms in total. The molecule has 2 aromatic rings. The summed E-state index contributed by atoms with van der Waals surface area (Å²) in [6.07, 6.45) is 2.67. The minimum absolute atomic E-state index is 0.191. The van der Waals surface area contributed by atoms with Crippen molar-refractivity contribution in [2.75, 3.05) is 5.32 Å². The molecule has 0 fully saturated rings. The van der Waals surface area contributed by atoms with E-state index in [2.05, 4.69) is 5.32 Å². The Morgan fingerprint density at radius 1 is 1.28 bits per heavy atom. The first-order valence-corrected chi connectivity index (χ1v) is 5.38. The van der Waals surface area contributed by atoms with Crippen LogP contribution in [-0.2, 0) is 0 Å². The molecule has 3 N–H and O–H groups in total. The van der Waals surface area contributed by atoms with E-state index in [4.69, 9.17) is 21.8 Å². The summed E-state index contributed by atoms with van der Waals surface area (Å²) in [6, 6.07) is 5.94. The second-order valence-electron chi connectivity index (χ2n) is 3.52. The van der Waals surface area contributed by atoms with Crippen molar-refractivity contribution in [1.29, 1.82) is 0 Å². The highest BCUT2D eigenvalue weighted by atomic mass is 35.5. The van der Waals surface area contributed by atoms with Crippen LogP contribution in [0, 0.1) is 0 Å². The second kappa shape index (κ2) is 4.93. The maximum atomic E-state index is 11.8. The predicted octanol–water partition coefficient (Wildman–Crippen LogP) is 2.28. The van der Waals surface area contributed by atoms with E-state index in [1.807, 2.05) is 0 Å². The lowest BCUT2D eigenvalue weighted by molar-refractivity contribution is 0.100. The zero-order valence-corrected chi connectivity index (χ0v) is 9.90. The van der Waals surface area contributed by atoms with Gasteiger partial charge in [0.15, 0.2) is 0 Å². The highest BCUT2D eigenvalue weighted by Gasteiger charge is 2.13. The molecule has 1 heterocycles. The molecule has 0 aliphatic carbocycles. The lowest BCUT2D eigenvalue weighted by atomic mass is 10.1. The fourth-order valence-corrected chi connectivity index (χ4v) is 1.60. The minimum atomic E-state index is -0.644. The Balaban J connectivity index is 2.31. The molecular formula is C12H9ClN2O3. The van der Waals surface area contributed by atoms with Crippen molar-refractivity contribution in [2.24, 2.45) is 5.73 Å². The predicted molar refractivity (Wildman–Crippen MR) is 66.6 cm³/mol. The zero-order chi connectivity index (χ0) is 13.1. The van der Waals surface area contributed by atoms with Gasteiger partial charge in [-0.25, -0.2) is 0 Å². The normalized spacial score (nSPS) is 10.1. The molecule has 0 saturated carbocycles. The largest absolute Gasteiger partial charge is 0.472 e. The molecule has 18 heavy (non-hydrogen) atoms. The summed E-state index contributed by atoms with van der Waals surface area (Å²) in [4.78, 5) is 23.0. The average Bonchev–Trinajstić information content (AvgIpc) is 2.81. The lowest BCUT2D eigenvalue weighted by Gasteiger charge is -2.08. The number of anilines is 1. The SMILES string of the molecule is NC(=O)c1ccc(Cl)cc1NC(=O)c1ccoc1. The summed E-state index contributed by atoms with van der Waals surface area (Å²) in [5, 5.41) is 2.94. The number of amides is 2. The molecule has 0 aliphatic rings. The van der Waals surface area contributed by atoms with Crippen molar-refractivity contribution in [2.45, 2.75) is 0 Å². The first-order valence-electron chi connectivity index (χ1n) is 5.01. The van der Waals surface area contributed by atoms with Gasteiger partial charge < -0.3 is 15.5 Å². The van der Waals surface area contributed by atoms with Crippen LogP contribution in [0.2, 0.25) is 5.02 Å². The number of benzene rings is 1. The Morgan fingerprint density at radius 2 is 2.06 bits per heavy atom. The van der Waals surface area contributed by atoms with E-state index < -0.39 is 11.8 Å². The number of nitrogens with two attached hydrogens (primary N) is 1. The average molecular weight is 265 g/mol. The number of nitrogens with one attached hydrogen (secondary N) is 1. The number of furan rings is 1. The first kappa shape index (κ1) is 12.2. The maximum Gasteiger partial charge on any atom is 0.258 e. The molecule has 0 radical (unpaired) electrons. The molecule has 1 aromatic heterocycles. The molecule has 0 bridgehead atoms. The quantitative estimate of drug-likeness (QED) is 0.892. The topological polar surface area (TPSA) is 85.3 Å². The highest BCUT2D eigenvalue weighted by molar-refractivity contribution is 6.31. The summed E-state index contributed by atoms with van der Waals surface area (Å²) < 4.78 is 4.80. The lowest BCUT2D eigenvalue weighted by Crippen LogP contribution is -2.17. The molecular weight excluding hydrogens is 256 g/mol. The van der Waals surface area contributed by atoms with Gasteiger partial charge in [-0.2, -0.15) is 0 Å². The number of carbonyl (C=O) groups excluding carboxylic acids is 2. The van der Waals surface area contributed by atoms with Gasteiger partial charge in [0.25, 0.3) is 11.8 Å². The van der Waals surface area contributed by atoms with Gasteiger partial charge in [0.2, 0.25) is 0 Å². The van der Waals surface area contributed by atoms with Crippen LogP contribution < -0.4 is 11.1 Å². The smallest absolute Gasteiger partial charge is 0.258 e. The zero-order valence-electron chi connectivity index (χ0n) is 9.14. The van der Waals surface area contributed by atoms with Gasteiger partial charge >= 0.3 is 0 Å². The number of halogens is 1. The number of hydrogen-bond donors (Lipinski definition) is 2. The standard InChI is InChI=1S/C12H9ClN2O3/c13-8-1-2-9(11(14)16)10(5-8)15-12(17)7-3-4-18-6-7/h1-6H,(H2,14,16)(H,15,17). The van der Waals surface area contributed by atoms with Crippen LogP contribution in [-0.4, -0.2) is 11.8 Å².